The molecular weight excluding hydrogens is 156 g/mol. The topological polar surface area (TPSA) is 51.0 Å². The van der Waals surface area contributed by atoms with Crippen LogP contribution in [0.5, 0.6) is 0 Å². The molecule has 1 heterocycles. The summed E-state index contributed by atoms with van der Waals surface area (Å²) in [6, 6.07) is 0. The molecule has 1 fully saturated rings. The van der Waals surface area contributed by atoms with Crippen LogP contribution in [0, 0.1) is 5.92 Å². The molecule has 12 heavy (non-hydrogen) atoms. The van der Waals surface area contributed by atoms with E-state index >= 15 is 0 Å². The Morgan fingerprint density at radius 3 is 3.25 bits per heavy atom. The summed E-state index contributed by atoms with van der Waals surface area (Å²) < 4.78 is 4.75. The van der Waals surface area contributed by atoms with Crippen molar-refractivity contribution in [3.8, 4) is 0 Å². The number of azo groups is 1. The zero-order valence-electron chi connectivity index (χ0n) is 7.12. The Hall–Kier alpha value is -0.930. The molecule has 0 amide bonds. The van der Waals surface area contributed by atoms with Gasteiger partial charge in [0.15, 0.2) is 5.54 Å². The zero-order chi connectivity index (χ0) is 8.60. The lowest BCUT2D eigenvalue weighted by Gasteiger charge is -2.20. The van der Waals surface area contributed by atoms with Gasteiger partial charge in [-0.3, -0.25) is 0 Å². The third-order valence-electron chi connectivity index (χ3n) is 2.88. The first-order valence-electron chi connectivity index (χ1n) is 4.27. The minimum atomic E-state index is -0.589. The summed E-state index contributed by atoms with van der Waals surface area (Å²) in [7, 11) is 1.42. The van der Waals surface area contributed by atoms with E-state index in [4.69, 9.17) is 4.74 Å². The van der Waals surface area contributed by atoms with Gasteiger partial charge in [-0.25, -0.2) is 4.79 Å². The smallest absolute Gasteiger partial charge is 0.336 e. The van der Waals surface area contributed by atoms with E-state index in [1.807, 2.05) is 0 Å². The van der Waals surface area contributed by atoms with E-state index in [9.17, 15) is 4.79 Å². The number of hydrogen-bond donors (Lipinski definition) is 0. The van der Waals surface area contributed by atoms with Crippen molar-refractivity contribution in [2.24, 2.45) is 16.1 Å². The molecule has 1 aliphatic carbocycles. The summed E-state index contributed by atoms with van der Waals surface area (Å²) in [6.07, 6.45) is 2.94. The molecule has 0 spiro atoms. The molecule has 4 nitrogen and oxygen atoms in total. The first-order chi connectivity index (χ1) is 5.79. The highest BCUT2D eigenvalue weighted by molar-refractivity contribution is 5.82. The average molecular weight is 168 g/mol. The first kappa shape index (κ1) is 7.71. The summed E-state index contributed by atoms with van der Waals surface area (Å²) in [6.45, 7) is 0.703. The molecule has 0 unspecified atom stereocenters. The molecule has 2 aliphatic rings. The van der Waals surface area contributed by atoms with Gasteiger partial charge in [0, 0.05) is 5.92 Å². The summed E-state index contributed by atoms with van der Waals surface area (Å²) in [4.78, 5) is 11.4. The predicted molar refractivity (Wildman–Crippen MR) is 41.8 cm³/mol. The lowest BCUT2D eigenvalue weighted by Crippen LogP contribution is -2.39. The fraction of sp³-hybridized carbons (Fsp3) is 0.875. The van der Waals surface area contributed by atoms with Crippen LogP contribution in [-0.4, -0.2) is 25.2 Å². The number of methoxy groups -OCH3 is 1. The van der Waals surface area contributed by atoms with Crippen molar-refractivity contribution in [1.29, 1.82) is 0 Å². The van der Waals surface area contributed by atoms with Crippen LogP contribution in [0.25, 0.3) is 0 Å². The van der Waals surface area contributed by atoms with Crippen LogP contribution in [0.4, 0.5) is 0 Å². The van der Waals surface area contributed by atoms with E-state index in [2.05, 4.69) is 10.2 Å². The fourth-order valence-electron chi connectivity index (χ4n) is 2.19. The fourth-order valence-corrected chi connectivity index (χ4v) is 2.19. The van der Waals surface area contributed by atoms with Gasteiger partial charge in [-0.2, -0.15) is 10.2 Å². The highest BCUT2D eigenvalue weighted by Gasteiger charge is 2.53. The van der Waals surface area contributed by atoms with E-state index in [-0.39, 0.29) is 5.97 Å². The maximum Gasteiger partial charge on any atom is 0.336 e. The average Bonchev–Trinajstić information content (AvgIpc) is 2.60. The minimum absolute atomic E-state index is 0.203. The molecule has 1 saturated carbocycles. The van der Waals surface area contributed by atoms with Crippen molar-refractivity contribution in [1.82, 2.24) is 0 Å². The van der Waals surface area contributed by atoms with Gasteiger partial charge in [0.05, 0.1) is 13.7 Å². The first-order valence-corrected chi connectivity index (χ1v) is 4.27. The molecule has 4 heteroatoms. The largest absolute Gasteiger partial charge is 0.467 e. The molecular formula is C8H12N2O2. The number of carbonyl (C=O) groups excluding carboxylic acids is 1. The second kappa shape index (κ2) is 2.54. The molecule has 2 atom stereocenters. The van der Waals surface area contributed by atoms with E-state index in [0.29, 0.717) is 12.5 Å². The third-order valence-corrected chi connectivity index (χ3v) is 2.88. The molecule has 0 aromatic carbocycles. The van der Waals surface area contributed by atoms with Gasteiger partial charge in [-0.15, -0.1) is 0 Å². The second-order valence-corrected chi connectivity index (χ2v) is 3.43. The number of ether oxygens (including phenoxy) is 1. The van der Waals surface area contributed by atoms with E-state index in [1.54, 1.807) is 0 Å². The van der Waals surface area contributed by atoms with Gasteiger partial charge in [-0.05, 0) is 19.3 Å². The van der Waals surface area contributed by atoms with E-state index < -0.39 is 5.54 Å². The summed E-state index contributed by atoms with van der Waals surface area (Å²) in [5.74, 6) is 0.108. The molecule has 0 radical (unpaired) electrons. The van der Waals surface area contributed by atoms with E-state index in [0.717, 1.165) is 19.3 Å². The minimum Gasteiger partial charge on any atom is -0.467 e. The van der Waals surface area contributed by atoms with Crippen LogP contribution in [-0.2, 0) is 9.53 Å². The molecule has 0 aromatic heterocycles. The molecule has 0 saturated heterocycles. The Bertz CT molecular complexity index is 239. The van der Waals surface area contributed by atoms with Gasteiger partial charge in [-0.1, -0.05) is 0 Å². The molecule has 0 N–H and O–H groups in total. The summed E-state index contributed by atoms with van der Waals surface area (Å²) >= 11 is 0. The van der Waals surface area contributed by atoms with Gasteiger partial charge in [0.1, 0.15) is 0 Å². The predicted octanol–water partition coefficient (Wildman–Crippen LogP) is 1.16. The number of esters is 1. The van der Waals surface area contributed by atoms with Crippen LogP contribution in [0.3, 0.4) is 0 Å². The summed E-state index contributed by atoms with van der Waals surface area (Å²) in [5, 5.41) is 7.98. The van der Waals surface area contributed by atoms with Crippen molar-refractivity contribution >= 4 is 5.97 Å². The lowest BCUT2D eigenvalue weighted by molar-refractivity contribution is -0.147. The molecule has 2 rings (SSSR count). The van der Waals surface area contributed by atoms with Crippen LogP contribution < -0.4 is 0 Å². The quantitative estimate of drug-likeness (QED) is 0.552. The van der Waals surface area contributed by atoms with Crippen molar-refractivity contribution in [2.75, 3.05) is 13.7 Å². The van der Waals surface area contributed by atoms with Gasteiger partial charge >= 0.3 is 5.97 Å². The Morgan fingerprint density at radius 1 is 1.67 bits per heavy atom. The Morgan fingerprint density at radius 2 is 2.50 bits per heavy atom. The van der Waals surface area contributed by atoms with Gasteiger partial charge in [0.2, 0.25) is 0 Å². The second-order valence-electron chi connectivity index (χ2n) is 3.43. The Labute approximate surface area is 71.0 Å². The number of carbonyl (C=O) groups is 1. The van der Waals surface area contributed by atoms with E-state index in [1.165, 1.54) is 7.11 Å². The number of nitrogens with zero attached hydrogens (tertiary/aromatic N) is 2. The van der Waals surface area contributed by atoms with Crippen molar-refractivity contribution in [3.63, 3.8) is 0 Å². The Kier molecular flexibility index (Phi) is 1.63. The Balaban J connectivity index is 2.27. The van der Waals surface area contributed by atoms with Crippen molar-refractivity contribution in [2.45, 2.75) is 24.8 Å². The molecule has 0 aromatic rings. The maximum atomic E-state index is 11.4. The van der Waals surface area contributed by atoms with Crippen molar-refractivity contribution < 1.29 is 9.53 Å². The molecule has 0 bridgehead atoms. The van der Waals surface area contributed by atoms with Crippen LogP contribution >= 0.6 is 0 Å². The number of fused-ring (bicyclic) bond motifs is 1. The van der Waals surface area contributed by atoms with Crippen LogP contribution in [0.1, 0.15) is 19.3 Å². The molecule has 1 aliphatic heterocycles. The summed E-state index contributed by atoms with van der Waals surface area (Å²) in [5.41, 5.74) is -0.589. The molecule has 66 valence electrons. The van der Waals surface area contributed by atoms with Gasteiger partial charge in [0.25, 0.3) is 0 Å². The highest BCUT2D eigenvalue weighted by atomic mass is 16.5. The third kappa shape index (κ3) is 0.806. The standard InChI is InChI=1S/C8H12N2O2/c1-12-7(11)8-4-2-3-6(8)5-9-10-8/h6H,2-5H2,1H3/t6-,8-/m1/s1. The lowest BCUT2D eigenvalue weighted by atomic mass is 9.89. The maximum absolute atomic E-state index is 11.4. The number of hydrogen-bond acceptors (Lipinski definition) is 4. The monoisotopic (exact) mass is 168 g/mol. The van der Waals surface area contributed by atoms with Crippen LogP contribution in [0.15, 0.2) is 10.2 Å². The van der Waals surface area contributed by atoms with Crippen molar-refractivity contribution in [3.05, 3.63) is 0 Å². The zero-order valence-corrected chi connectivity index (χ0v) is 7.12. The van der Waals surface area contributed by atoms with Crippen LogP contribution in [0.2, 0.25) is 0 Å². The van der Waals surface area contributed by atoms with Gasteiger partial charge < -0.3 is 4.74 Å². The SMILES string of the molecule is COC(=O)[C@@]12CCC[C@@H]1CN=N2. The number of rotatable bonds is 1. The highest BCUT2D eigenvalue weighted by Crippen LogP contribution is 2.43. The normalized spacial score (nSPS) is 38.2.